The van der Waals surface area contributed by atoms with Crippen LogP contribution in [0.15, 0.2) is 36.4 Å². The van der Waals surface area contributed by atoms with E-state index in [4.69, 9.17) is 9.47 Å². The standard InChI is InChI=1S/C21H25FN2O4/c1-4-10-27-19-9-6-15(12-20(19)28-11-5-2)21(26)24-18-13-16(23-14(3)25)7-8-17(18)22/h6-9,12-13H,4-5,10-11H2,1-3H3,(H,23,25)(H,24,26). The number of amides is 2. The molecule has 0 bridgehead atoms. The summed E-state index contributed by atoms with van der Waals surface area (Å²) in [7, 11) is 0. The van der Waals surface area contributed by atoms with Crippen molar-refractivity contribution in [3.63, 3.8) is 0 Å². The Hall–Kier alpha value is -3.09. The summed E-state index contributed by atoms with van der Waals surface area (Å²) in [5, 5.41) is 5.08. The number of anilines is 2. The molecule has 0 saturated heterocycles. The van der Waals surface area contributed by atoms with Gasteiger partial charge in [-0.3, -0.25) is 9.59 Å². The molecule has 0 radical (unpaired) electrons. The van der Waals surface area contributed by atoms with Gasteiger partial charge in [0.15, 0.2) is 11.5 Å². The average molecular weight is 388 g/mol. The van der Waals surface area contributed by atoms with Crippen LogP contribution >= 0.6 is 0 Å². The largest absolute Gasteiger partial charge is 0.490 e. The minimum atomic E-state index is -0.604. The molecule has 7 heteroatoms. The predicted molar refractivity (Wildman–Crippen MR) is 107 cm³/mol. The van der Waals surface area contributed by atoms with Crippen molar-refractivity contribution >= 4 is 23.2 Å². The molecule has 6 nitrogen and oxygen atoms in total. The van der Waals surface area contributed by atoms with Crippen molar-refractivity contribution in [2.45, 2.75) is 33.6 Å². The van der Waals surface area contributed by atoms with Gasteiger partial charge < -0.3 is 20.1 Å². The maximum atomic E-state index is 14.1. The summed E-state index contributed by atoms with van der Waals surface area (Å²) < 4.78 is 25.4. The lowest BCUT2D eigenvalue weighted by Crippen LogP contribution is -2.14. The first kappa shape index (κ1) is 21.2. The van der Waals surface area contributed by atoms with E-state index in [1.54, 1.807) is 18.2 Å². The fourth-order valence-corrected chi connectivity index (χ4v) is 2.40. The highest BCUT2D eigenvalue weighted by atomic mass is 19.1. The van der Waals surface area contributed by atoms with E-state index in [0.29, 0.717) is 36.0 Å². The molecule has 0 aliphatic carbocycles. The number of rotatable bonds is 9. The highest BCUT2D eigenvalue weighted by molar-refractivity contribution is 6.05. The molecule has 2 aromatic carbocycles. The minimum Gasteiger partial charge on any atom is -0.490 e. The van der Waals surface area contributed by atoms with Gasteiger partial charge in [-0.15, -0.1) is 0 Å². The Morgan fingerprint density at radius 3 is 2.25 bits per heavy atom. The molecule has 0 aliphatic rings. The monoisotopic (exact) mass is 388 g/mol. The lowest BCUT2D eigenvalue weighted by molar-refractivity contribution is -0.114. The highest BCUT2D eigenvalue weighted by Crippen LogP contribution is 2.29. The van der Waals surface area contributed by atoms with Crippen LogP contribution in [0, 0.1) is 5.82 Å². The van der Waals surface area contributed by atoms with Crippen LogP contribution in [-0.2, 0) is 4.79 Å². The van der Waals surface area contributed by atoms with Gasteiger partial charge in [0.05, 0.1) is 18.9 Å². The number of halogens is 1. The molecule has 2 aromatic rings. The summed E-state index contributed by atoms with van der Waals surface area (Å²) in [4.78, 5) is 23.8. The molecule has 0 fully saturated rings. The minimum absolute atomic E-state index is 0.0291. The Labute approximate surface area is 164 Å². The Morgan fingerprint density at radius 1 is 0.929 bits per heavy atom. The SMILES string of the molecule is CCCOc1ccc(C(=O)Nc2cc(NC(C)=O)ccc2F)cc1OCCC. The number of benzene rings is 2. The second-order valence-electron chi connectivity index (χ2n) is 6.19. The number of hydrogen-bond donors (Lipinski definition) is 2. The van der Waals surface area contributed by atoms with Crippen molar-refractivity contribution in [3.8, 4) is 11.5 Å². The lowest BCUT2D eigenvalue weighted by Gasteiger charge is -2.14. The summed E-state index contributed by atoms with van der Waals surface area (Å²) in [5.41, 5.74) is 0.664. The number of nitrogens with one attached hydrogen (secondary N) is 2. The van der Waals surface area contributed by atoms with Crippen molar-refractivity contribution in [1.82, 2.24) is 0 Å². The zero-order chi connectivity index (χ0) is 20.5. The van der Waals surface area contributed by atoms with Gasteiger partial charge in [-0.2, -0.15) is 0 Å². The number of carbonyl (C=O) groups is 2. The van der Waals surface area contributed by atoms with Gasteiger partial charge in [0.25, 0.3) is 5.91 Å². The second kappa shape index (κ2) is 10.3. The van der Waals surface area contributed by atoms with Gasteiger partial charge >= 0.3 is 0 Å². The van der Waals surface area contributed by atoms with Crippen LogP contribution < -0.4 is 20.1 Å². The van der Waals surface area contributed by atoms with E-state index >= 15 is 0 Å². The zero-order valence-electron chi connectivity index (χ0n) is 16.3. The Balaban J connectivity index is 2.22. The van der Waals surface area contributed by atoms with Gasteiger partial charge in [-0.1, -0.05) is 13.8 Å². The topological polar surface area (TPSA) is 76.7 Å². The third-order valence-electron chi connectivity index (χ3n) is 3.66. The number of carbonyl (C=O) groups excluding carboxylic acids is 2. The van der Waals surface area contributed by atoms with Crippen molar-refractivity contribution in [2.75, 3.05) is 23.8 Å². The van der Waals surface area contributed by atoms with Crippen molar-refractivity contribution in [1.29, 1.82) is 0 Å². The second-order valence-corrected chi connectivity index (χ2v) is 6.19. The molecule has 2 amide bonds. The van der Waals surface area contributed by atoms with E-state index in [1.165, 1.54) is 25.1 Å². The average Bonchev–Trinajstić information content (AvgIpc) is 2.67. The maximum absolute atomic E-state index is 14.1. The van der Waals surface area contributed by atoms with Crippen LogP contribution in [0.3, 0.4) is 0 Å². The molecule has 28 heavy (non-hydrogen) atoms. The molecule has 2 rings (SSSR count). The molecule has 2 N–H and O–H groups in total. The number of hydrogen-bond acceptors (Lipinski definition) is 4. The highest BCUT2D eigenvalue weighted by Gasteiger charge is 2.14. The maximum Gasteiger partial charge on any atom is 0.255 e. The molecular formula is C21H25FN2O4. The van der Waals surface area contributed by atoms with Crippen LogP contribution in [0.5, 0.6) is 11.5 Å². The molecule has 0 atom stereocenters. The van der Waals surface area contributed by atoms with E-state index in [-0.39, 0.29) is 11.6 Å². The Morgan fingerprint density at radius 2 is 1.61 bits per heavy atom. The van der Waals surface area contributed by atoms with E-state index in [0.717, 1.165) is 12.8 Å². The molecule has 0 heterocycles. The van der Waals surface area contributed by atoms with Crippen molar-refractivity contribution < 1.29 is 23.5 Å². The first-order valence-corrected chi connectivity index (χ1v) is 9.22. The van der Waals surface area contributed by atoms with Gasteiger partial charge in [-0.05, 0) is 49.2 Å². The van der Waals surface area contributed by atoms with E-state index in [1.807, 2.05) is 13.8 Å². The molecule has 150 valence electrons. The summed E-state index contributed by atoms with van der Waals surface area (Å²) in [6, 6.07) is 8.79. The van der Waals surface area contributed by atoms with Crippen LogP contribution in [0.2, 0.25) is 0 Å². The molecule has 0 aliphatic heterocycles. The van der Waals surface area contributed by atoms with Crippen LogP contribution in [0.1, 0.15) is 44.0 Å². The molecule has 0 spiro atoms. The third kappa shape index (κ3) is 5.97. The smallest absolute Gasteiger partial charge is 0.255 e. The van der Waals surface area contributed by atoms with Crippen LogP contribution in [-0.4, -0.2) is 25.0 Å². The van der Waals surface area contributed by atoms with E-state index in [2.05, 4.69) is 10.6 Å². The van der Waals surface area contributed by atoms with Gasteiger partial charge in [0, 0.05) is 18.2 Å². The summed E-state index contributed by atoms with van der Waals surface area (Å²) in [6.07, 6.45) is 1.66. The van der Waals surface area contributed by atoms with Crippen LogP contribution in [0.25, 0.3) is 0 Å². The molecule has 0 saturated carbocycles. The fourth-order valence-electron chi connectivity index (χ4n) is 2.40. The zero-order valence-corrected chi connectivity index (χ0v) is 16.3. The normalized spacial score (nSPS) is 10.3. The summed E-state index contributed by atoms with van der Waals surface area (Å²) in [6.45, 7) is 6.35. The Kier molecular flexibility index (Phi) is 7.80. The summed E-state index contributed by atoms with van der Waals surface area (Å²) in [5.74, 6) is -0.361. The van der Waals surface area contributed by atoms with Crippen molar-refractivity contribution in [2.24, 2.45) is 0 Å². The van der Waals surface area contributed by atoms with Crippen LogP contribution in [0.4, 0.5) is 15.8 Å². The van der Waals surface area contributed by atoms with Crippen molar-refractivity contribution in [3.05, 3.63) is 47.8 Å². The summed E-state index contributed by atoms with van der Waals surface area (Å²) >= 11 is 0. The molecule has 0 aromatic heterocycles. The molecular weight excluding hydrogens is 363 g/mol. The number of ether oxygens (including phenoxy) is 2. The lowest BCUT2D eigenvalue weighted by atomic mass is 10.1. The predicted octanol–water partition coefficient (Wildman–Crippen LogP) is 4.61. The quantitative estimate of drug-likeness (QED) is 0.657. The van der Waals surface area contributed by atoms with E-state index < -0.39 is 11.7 Å². The van der Waals surface area contributed by atoms with Gasteiger partial charge in [0.2, 0.25) is 5.91 Å². The third-order valence-corrected chi connectivity index (χ3v) is 3.66. The van der Waals surface area contributed by atoms with E-state index in [9.17, 15) is 14.0 Å². The molecule has 0 unspecified atom stereocenters. The van der Waals surface area contributed by atoms with Gasteiger partial charge in [0.1, 0.15) is 5.82 Å². The first-order valence-electron chi connectivity index (χ1n) is 9.22. The Bertz CT molecular complexity index is 839. The fraction of sp³-hybridized carbons (Fsp3) is 0.333. The first-order chi connectivity index (χ1) is 13.4. The van der Waals surface area contributed by atoms with Gasteiger partial charge in [-0.25, -0.2) is 4.39 Å².